The fraction of sp³-hybridized carbons (Fsp3) is 0.256. The molecular weight excluding hydrogens is 705 g/mol. The number of methoxy groups -OCH3 is 1. The third kappa shape index (κ3) is 6.48. The summed E-state index contributed by atoms with van der Waals surface area (Å²) < 4.78 is 19.7. The summed E-state index contributed by atoms with van der Waals surface area (Å²) >= 11 is 6.91. The zero-order chi connectivity index (χ0) is 37.0. The SMILES string of the molecule is COc1ccc(C(c2ccccc2)(c2ccccc2)C(O)[C@H]2O[C@@](c3ccccc3Cl)(n3cc(C)c(=O)[nH]c3=O)C(CCC#N)[C@@H]2OP(O)O)cc1. The molecule has 52 heavy (non-hydrogen) atoms. The summed E-state index contributed by atoms with van der Waals surface area (Å²) in [6.45, 7) is 1.52. The minimum Gasteiger partial charge on any atom is -0.497 e. The second kappa shape index (κ2) is 15.5. The van der Waals surface area contributed by atoms with Crippen molar-refractivity contribution >= 4 is 20.2 Å². The summed E-state index contributed by atoms with van der Waals surface area (Å²) in [7, 11) is -1.53. The summed E-state index contributed by atoms with van der Waals surface area (Å²) in [6.07, 6.45) is -3.12. The van der Waals surface area contributed by atoms with Crippen LogP contribution >= 0.6 is 20.2 Å². The van der Waals surface area contributed by atoms with Gasteiger partial charge in [-0.15, -0.1) is 0 Å². The van der Waals surface area contributed by atoms with E-state index >= 15 is 0 Å². The van der Waals surface area contributed by atoms with Gasteiger partial charge in [-0.3, -0.25) is 14.3 Å². The van der Waals surface area contributed by atoms with Crippen LogP contribution in [-0.4, -0.2) is 49.9 Å². The lowest BCUT2D eigenvalue weighted by atomic mass is 9.63. The first-order valence-corrected chi connectivity index (χ1v) is 18.0. The first kappa shape index (κ1) is 37.1. The largest absolute Gasteiger partial charge is 0.497 e. The number of aromatic nitrogens is 2. The van der Waals surface area contributed by atoms with Gasteiger partial charge in [0, 0.05) is 34.7 Å². The van der Waals surface area contributed by atoms with Crippen molar-refractivity contribution in [1.82, 2.24) is 9.55 Å². The molecule has 0 amide bonds. The van der Waals surface area contributed by atoms with Crippen LogP contribution in [0.1, 0.15) is 40.7 Å². The number of nitriles is 1. The zero-order valence-corrected chi connectivity index (χ0v) is 29.9. The molecule has 0 spiro atoms. The van der Waals surface area contributed by atoms with Gasteiger partial charge in [0.2, 0.25) is 0 Å². The standard InChI is InChI=1S/C39H37ClN3O8P/c1-25-24-43(37(46)42-36(25)45)39(30-16-9-10-18-32(30)40)31(17-11-23-41)33(51-52(47)48)34(50-39)35(44)38(26-12-5-3-6-13-26,27-14-7-4-8-15-27)28-19-21-29(49-2)22-20-28/h3-10,12-16,18-22,24,31,33-35,44,47-48H,11,17H2,1-2H3,(H,42,45,46)/t31?,33-,34-,35?,39+/m0/s1. The second-order valence-electron chi connectivity index (χ2n) is 12.5. The Hall–Kier alpha value is -4.63. The summed E-state index contributed by atoms with van der Waals surface area (Å²) in [5.74, 6) is -0.473. The molecule has 1 fully saturated rings. The molecule has 1 aliphatic heterocycles. The van der Waals surface area contributed by atoms with Gasteiger partial charge in [-0.2, -0.15) is 5.26 Å². The molecule has 268 valence electrons. The highest BCUT2D eigenvalue weighted by Crippen LogP contribution is 2.56. The molecule has 6 rings (SSSR count). The number of nitrogens with zero attached hydrogens (tertiary/aromatic N) is 2. The van der Waals surface area contributed by atoms with Crippen LogP contribution in [0, 0.1) is 24.2 Å². The number of hydrogen-bond acceptors (Lipinski definition) is 9. The number of aromatic amines is 1. The summed E-state index contributed by atoms with van der Waals surface area (Å²) in [5.41, 5.74) is -2.43. The Kier molecular flexibility index (Phi) is 11.1. The van der Waals surface area contributed by atoms with Crippen LogP contribution in [0.25, 0.3) is 0 Å². The van der Waals surface area contributed by atoms with E-state index in [1.54, 1.807) is 43.5 Å². The van der Waals surface area contributed by atoms with Crippen LogP contribution in [0.2, 0.25) is 5.02 Å². The van der Waals surface area contributed by atoms with E-state index in [-0.39, 0.29) is 29.0 Å². The number of aryl methyl sites for hydroxylation is 1. The van der Waals surface area contributed by atoms with Crippen molar-refractivity contribution < 1.29 is 28.9 Å². The monoisotopic (exact) mass is 741 g/mol. The minimum atomic E-state index is -3.08. The van der Waals surface area contributed by atoms with Gasteiger partial charge in [-0.25, -0.2) is 4.79 Å². The Labute approximate surface area is 306 Å². The highest BCUT2D eigenvalue weighted by atomic mass is 35.5. The molecule has 0 aliphatic carbocycles. The molecule has 5 atom stereocenters. The van der Waals surface area contributed by atoms with Crippen LogP contribution in [0.4, 0.5) is 0 Å². The Morgan fingerprint density at radius 3 is 2.10 bits per heavy atom. The van der Waals surface area contributed by atoms with E-state index < -0.39 is 55.2 Å². The summed E-state index contributed by atoms with van der Waals surface area (Å²) in [5, 5.41) is 23.3. The maximum atomic E-state index is 13.9. The van der Waals surface area contributed by atoms with Crippen LogP contribution in [0.3, 0.4) is 0 Å². The normalized spacial score (nSPS) is 20.8. The quantitative estimate of drug-likeness (QED) is 0.0952. The third-order valence-corrected chi connectivity index (χ3v) is 10.6. The molecule has 13 heteroatoms. The number of halogens is 1. The first-order chi connectivity index (χ1) is 25.1. The molecule has 4 N–H and O–H groups in total. The Bertz CT molecular complexity index is 2120. The second-order valence-corrected chi connectivity index (χ2v) is 13.7. The van der Waals surface area contributed by atoms with Gasteiger partial charge in [0.25, 0.3) is 5.56 Å². The lowest BCUT2D eigenvalue weighted by molar-refractivity contribution is -0.135. The van der Waals surface area contributed by atoms with Gasteiger partial charge in [-0.1, -0.05) is 103 Å². The molecule has 0 saturated carbocycles. The number of nitrogens with one attached hydrogen (secondary N) is 1. The van der Waals surface area contributed by atoms with E-state index in [2.05, 4.69) is 11.1 Å². The van der Waals surface area contributed by atoms with E-state index in [1.807, 2.05) is 72.8 Å². The molecule has 4 aromatic carbocycles. The van der Waals surface area contributed by atoms with E-state index in [0.717, 1.165) is 0 Å². The van der Waals surface area contributed by atoms with Crippen molar-refractivity contribution in [3.8, 4) is 11.8 Å². The molecule has 2 unspecified atom stereocenters. The molecule has 11 nitrogen and oxygen atoms in total. The lowest BCUT2D eigenvalue weighted by Crippen LogP contribution is -2.52. The topological polar surface area (TPSA) is 167 Å². The Balaban J connectivity index is 1.72. The predicted octanol–water partition coefficient (Wildman–Crippen LogP) is 5.52. The van der Waals surface area contributed by atoms with Crippen molar-refractivity contribution in [3.05, 3.63) is 169 Å². The smallest absolute Gasteiger partial charge is 0.330 e. The van der Waals surface area contributed by atoms with Gasteiger partial charge < -0.3 is 28.9 Å². The molecule has 2 heterocycles. The molecule has 0 bridgehead atoms. The number of H-pyrrole nitrogens is 1. The number of rotatable bonds is 12. The molecule has 1 aromatic heterocycles. The first-order valence-electron chi connectivity index (χ1n) is 16.5. The van der Waals surface area contributed by atoms with E-state index in [1.165, 1.54) is 17.7 Å². The zero-order valence-electron chi connectivity index (χ0n) is 28.3. The average molecular weight is 742 g/mol. The number of hydrogen-bond donors (Lipinski definition) is 4. The van der Waals surface area contributed by atoms with Crippen LogP contribution in [-0.2, 0) is 20.4 Å². The van der Waals surface area contributed by atoms with Crippen molar-refractivity contribution in [2.75, 3.05) is 7.11 Å². The highest BCUT2D eigenvalue weighted by Gasteiger charge is 2.64. The molecule has 1 aliphatic rings. The third-order valence-electron chi connectivity index (χ3n) is 9.82. The average Bonchev–Trinajstić information content (AvgIpc) is 3.46. The number of aliphatic hydroxyl groups excluding tert-OH is 1. The highest BCUT2D eigenvalue weighted by molar-refractivity contribution is 7.39. The minimum absolute atomic E-state index is 0.00436. The van der Waals surface area contributed by atoms with Gasteiger partial charge in [0.15, 0.2) is 5.72 Å². The van der Waals surface area contributed by atoms with Gasteiger partial charge >= 0.3 is 14.3 Å². The molecule has 5 aromatic rings. The molecular formula is C39H37ClN3O8P. The summed E-state index contributed by atoms with van der Waals surface area (Å²) in [4.78, 5) is 50.0. The fourth-order valence-electron chi connectivity index (χ4n) is 7.59. The van der Waals surface area contributed by atoms with Crippen LogP contribution < -0.4 is 16.0 Å². The van der Waals surface area contributed by atoms with Crippen molar-refractivity contribution in [1.29, 1.82) is 5.26 Å². The maximum absolute atomic E-state index is 13.9. The molecule has 0 radical (unpaired) electrons. The van der Waals surface area contributed by atoms with Gasteiger partial charge in [0.1, 0.15) is 24.1 Å². The Morgan fingerprint density at radius 1 is 0.962 bits per heavy atom. The van der Waals surface area contributed by atoms with E-state index in [4.69, 9.17) is 25.6 Å². The van der Waals surface area contributed by atoms with Crippen molar-refractivity contribution in [3.63, 3.8) is 0 Å². The number of ether oxygens (including phenoxy) is 2. The van der Waals surface area contributed by atoms with Crippen molar-refractivity contribution in [2.24, 2.45) is 5.92 Å². The lowest BCUT2D eigenvalue weighted by Gasteiger charge is -2.43. The predicted molar refractivity (Wildman–Crippen MR) is 196 cm³/mol. The number of aliphatic hydroxyl groups is 1. The molecule has 1 saturated heterocycles. The van der Waals surface area contributed by atoms with Crippen LogP contribution in [0.15, 0.2) is 125 Å². The van der Waals surface area contributed by atoms with Crippen molar-refractivity contribution in [2.45, 2.75) is 49.2 Å². The van der Waals surface area contributed by atoms with Crippen LogP contribution in [0.5, 0.6) is 5.75 Å². The van der Waals surface area contributed by atoms with Gasteiger partial charge in [-0.05, 0) is 48.2 Å². The maximum Gasteiger partial charge on any atom is 0.330 e. The van der Waals surface area contributed by atoms with E-state index in [9.17, 15) is 29.7 Å². The number of benzene rings is 4. The van der Waals surface area contributed by atoms with E-state index in [0.29, 0.717) is 22.4 Å². The Morgan fingerprint density at radius 2 is 1.54 bits per heavy atom. The van der Waals surface area contributed by atoms with Gasteiger partial charge in [0.05, 0.1) is 18.6 Å². The fourth-order valence-corrected chi connectivity index (χ4v) is 8.34. The summed E-state index contributed by atoms with van der Waals surface area (Å²) in [6, 6.07) is 34.6.